The molecule has 0 spiro atoms. The van der Waals surface area contributed by atoms with Crippen molar-refractivity contribution in [2.24, 2.45) is 0 Å². The average Bonchev–Trinajstić information content (AvgIpc) is 3.34. The van der Waals surface area contributed by atoms with Gasteiger partial charge in [-0.25, -0.2) is 24.3 Å². The number of phosphoric ester groups is 1. The number of nitrogen functional groups attached to an aromatic ring is 1. The molecule has 1 aromatic carbocycles. The standard InChI is InChI=1S/C18H21N6O8P/c1-20-10-5-3-2-4-9(10)18(26)32-14-11(6-30-33(27,28)29)31-17(13(14)25)24-8-23-12-15(19)21-7-22-16(12)24/h2-5,7-8,11,13-14,17,20,25H,6H2,1H3,(H2,19,21,22)(H2,27,28,29). The van der Waals surface area contributed by atoms with Gasteiger partial charge in [0.15, 0.2) is 23.8 Å². The van der Waals surface area contributed by atoms with Crippen molar-refractivity contribution in [2.75, 3.05) is 24.7 Å². The molecule has 0 bridgehead atoms. The SMILES string of the molecule is CNc1ccccc1C(=O)OC1C(COP(=O)(O)O)OC(n2cnc3c(N)ncnc32)C1O. The molecule has 1 fully saturated rings. The predicted octanol–water partition coefficient (Wildman–Crippen LogP) is 0.0434. The Kier molecular flexibility index (Phi) is 6.30. The van der Waals surface area contributed by atoms with E-state index in [-0.39, 0.29) is 22.5 Å². The molecule has 3 aromatic rings. The van der Waals surface area contributed by atoms with E-state index in [9.17, 15) is 14.5 Å². The molecule has 15 heteroatoms. The van der Waals surface area contributed by atoms with Gasteiger partial charge in [-0.3, -0.25) is 9.09 Å². The number of phosphoric acid groups is 1. The monoisotopic (exact) mass is 480 g/mol. The minimum Gasteiger partial charge on any atom is -0.453 e. The van der Waals surface area contributed by atoms with Gasteiger partial charge < -0.3 is 35.4 Å². The molecule has 33 heavy (non-hydrogen) atoms. The number of benzene rings is 1. The van der Waals surface area contributed by atoms with E-state index >= 15 is 0 Å². The van der Waals surface area contributed by atoms with Gasteiger partial charge in [-0.2, -0.15) is 0 Å². The Bertz CT molecular complexity index is 1220. The summed E-state index contributed by atoms with van der Waals surface area (Å²) in [7, 11) is -3.23. The summed E-state index contributed by atoms with van der Waals surface area (Å²) < 4.78 is 28.4. The Morgan fingerprint density at radius 2 is 2.06 bits per heavy atom. The van der Waals surface area contributed by atoms with Gasteiger partial charge in [-0.15, -0.1) is 0 Å². The molecule has 1 saturated heterocycles. The average molecular weight is 480 g/mol. The maximum Gasteiger partial charge on any atom is 0.469 e. The molecular weight excluding hydrogens is 459 g/mol. The van der Waals surface area contributed by atoms with Crippen LogP contribution in [0.3, 0.4) is 0 Å². The van der Waals surface area contributed by atoms with Crippen LogP contribution >= 0.6 is 7.82 Å². The summed E-state index contributed by atoms with van der Waals surface area (Å²) in [5.41, 5.74) is 6.99. The summed E-state index contributed by atoms with van der Waals surface area (Å²) in [6, 6.07) is 6.55. The van der Waals surface area contributed by atoms with Crippen LogP contribution in [0, 0.1) is 0 Å². The van der Waals surface area contributed by atoms with Gasteiger partial charge >= 0.3 is 13.8 Å². The molecule has 6 N–H and O–H groups in total. The van der Waals surface area contributed by atoms with Crippen molar-refractivity contribution in [2.45, 2.75) is 24.5 Å². The van der Waals surface area contributed by atoms with E-state index in [0.29, 0.717) is 5.69 Å². The van der Waals surface area contributed by atoms with Crippen molar-refractivity contribution in [3.05, 3.63) is 42.5 Å². The molecule has 0 amide bonds. The first-order chi connectivity index (χ1) is 15.7. The molecule has 4 rings (SSSR count). The number of anilines is 2. The zero-order chi connectivity index (χ0) is 23.8. The van der Waals surface area contributed by atoms with E-state index in [1.165, 1.54) is 23.3 Å². The van der Waals surface area contributed by atoms with Gasteiger partial charge in [0.05, 0.1) is 18.5 Å². The summed E-state index contributed by atoms with van der Waals surface area (Å²) in [6.07, 6.45) is -2.68. The number of aliphatic hydroxyl groups is 1. The number of para-hydroxylation sites is 1. The molecule has 0 aliphatic carbocycles. The van der Waals surface area contributed by atoms with E-state index in [4.69, 9.17) is 25.0 Å². The number of esters is 1. The fourth-order valence-electron chi connectivity index (χ4n) is 3.52. The minimum absolute atomic E-state index is 0.110. The lowest BCUT2D eigenvalue weighted by Crippen LogP contribution is -2.38. The number of nitrogens with zero attached hydrogens (tertiary/aromatic N) is 4. The van der Waals surface area contributed by atoms with Crippen molar-refractivity contribution >= 4 is 36.5 Å². The van der Waals surface area contributed by atoms with Crippen LogP contribution in [0.2, 0.25) is 0 Å². The highest BCUT2D eigenvalue weighted by Crippen LogP contribution is 2.40. The van der Waals surface area contributed by atoms with Crippen LogP contribution in [-0.2, 0) is 18.6 Å². The van der Waals surface area contributed by atoms with Crippen molar-refractivity contribution in [1.29, 1.82) is 0 Å². The van der Waals surface area contributed by atoms with Gasteiger partial charge in [0.2, 0.25) is 0 Å². The number of hydrogen-bond donors (Lipinski definition) is 5. The Hall–Kier alpha value is -3.13. The van der Waals surface area contributed by atoms with Crippen LogP contribution in [0.4, 0.5) is 11.5 Å². The number of rotatable bonds is 7. The molecule has 3 heterocycles. The number of aliphatic hydroxyl groups excluding tert-OH is 1. The molecule has 0 radical (unpaired) electrons. The maximum atomic E-state index is 12.8. The lowest BCUT2D eigenvalue weighted by atomic mass is 10.1. The molecule has 2 aromatic heterocycles. The van der Waals surface area contributed by atoms with Crippen molar-refractivity contribution in [3.63, 3.8) is 0 Å². The van der Waals surface area contributed by atoms with Crippen LogP contribution in [-0.4, -0.2) is 72.3 Å². The maximum absolute atomic E-state index is 12.8. The number of nitrogens with one attached hydrogen (secondary N) is 1. The minimum atomic E-state index is -4.86. The normalized spacial score (nSPS) is 23.0. The first kappa shape index (κ1) is 23.0. The van der Waals surface area contributed by atoms with Gasteiger partial charge in [0, 0.05) is 12.7 Å². The second-order valence-electron chi connectivity index (χ2n) is 7.09. The fourth-order valence-corrected chi connectivity index (χ4v) is 3.86. The van der Waals surface area contributed by atoms with E-state index in [1.54, 1.807) is 25.2 Å². The van der Waals surface area contributed by atoms with Crippen LogP contribution in [0.15, 0.2) is 36.9 Å². The quantitative estimate of drug-likeness (QED) is 0.224. The largest absolute Gasteiger partial charge is 0.469 e. The zero-order valence-corrected chi connectivity index (χ0v) is 18.1. The fraction of sp³-hybridized carbons (Fsp3) is 0.333. The van der Waals surface area contributed by atoms with Crippen LogP contribution < -0.4 is 11.1 Å². The highest BCUT2D eigenvalue weighted by Gasteiger charge is 2.48. The molecule has 1 aliphatic rings. The predicted molar refractivity (Wildman–Crippen MR) is 113 cm³/mol. The number of carbonyl (C=O) groups excluding carboxylic acids is 1. The number of carbonyl (C=O) groups is 1. The number of aromatic nitrogens is 4. The molecule has 1 aliphatic heterocycles. The van der Waals surface area contributed by atoms with Gasteiger partial charge in [0.1, 0.15) is 24.1 Å². The molecular formula is C18H21N6O8P. The van der Waals surface area contributed by atoms with Gasteiger partial charge in [0.25, 0.3) is 0 Å². The van der Waals surface area contributed by atoms with Crippen LogP contribution in [0.1, 0.15) is 16.6 Å². The summed E-state index contributed by atoms with van der Waals surface area (Å²) in [5, 5.41) is 13.8. The Balaban J connectivity index is 1.64. The Morgan fingerprint density at radius 3 is 2.79 bits per heavy atom. The van der Waals surface area contributed by atoms with E-state index in [0.717, 1.165) is 0 Å². The van der Waals surface area contributed by atoms with Gasteiger partial charge in [-0.1, -0.05) is 12.1 Å². The first-order valence-electron chi connectivity index (χ1n) is 9.64. The van der Waals surface area contributed by atoms with Crippen LogP contribution in [0.5, 0.6) is 0 Å². The van der Waals surface area contributed by atoms with E-state index in [1.807, 2.05) is 0 Å². The van der Waals surface area contributed by atoms with Crippen molar-refractivity contribution in [1.82, 2.24) is 19.5 Å². The number of ether oxygens (including phenoxy) is 2. The van der Waals surface area contributed by atoms with Crippen LogP contribution in [0.25, 0.3) is 11.2 Å². The molecule has 14 nitrogen and oxygen atoms in total. The Labute approximate surface area is 186 Å². The summed E-state index contributed by atoms with van der Waals surface area (Å²) >= 11 is 0. The topological polar surface area (TPSA) is 204 Å². The molecule has 176 valence electrons. The number of nitrogens with two attached hydrogens (primary N) is 1. The lowest BCUT2D eigenvalue weighted by Gasteiger charge is -2.21. The smallest absolute Gasteiger partial charge is 0.453 e. The molecule has 0 saturated carbocycles. The third-order valence-corrected chi connectivity index (χ3v) is 5.52. The third kappa shape index (κ3) is 4.66. The van der Waals surface area contributed by atoms with Crippen molar-refractivity contribution < 1.29 is 38.3 Å². The number of fused-ring (bicyclic) bond motifs is 1. The summed E-state index contributed by atoms with van der Waals surface area (Å²) in [6.45, 7) is -0.660. The third-order valence-electron chi connectivity index (χ3n) is 5.04. The summed E-state index contributed by atoms with van der Waals surface area (Å²) in [5.74, 6) is -0.671. The zero-order valence-electron chi connectivity index (χ0n) is 17.2. The first-order valence-corrected chi connectivity index (χ1v) is 11.2. The van der Waals surface area contributed by atoms with Crippen molar-refractivity contribution in [3.8, 4) is 0 Å². The van der Waals surface area contributed by atoms with E-state index < -0.39 is 44.9 Å². The number of imidazole rings is 1. The second-order valence-corrected chi connectivity index (χ2v) is 8.33. The highest BCUT2D eigenvalue weighted by molar-refractivity contribution is 7.46. The number of hydrogen-bond acceptors (Lipinski definition) is 11. The Morgan fingerprint density at radius 1 is 1.30 bits per heavy atom. The van der Waals surface area contributed by atoms with Gasteiger partial charge in [-0.05, 0) is 12.1 Å². The summed E-state index contributed by atoms with van der Waals surface area (Å²) in [4.78, 5) is 43.1. The van der Waals surface area contributed by atoms with E-state index in [2.05, 4.69) is 24.8 Å². The second kappa shape index (κ2) is 9.02. The highest BCUT2D eigenvalue weighted by atomic mass is 31.2. The molecule has 4 unspecified atom stereocenters. The lowest BCUT2D eigenvalue weighted by molar-refractivity contribution is -0.0521. The molecule has 4 atom stereocenters.